The maximum Gasteiger partial charge on any atom is 0.130 e. The van der Waals surface area contributed by atoms with Gasteiger partial charge in [-0.1, -0.05) is 48.1 Å². The normalized spacial score (nSPS) is 13.9. The Balaban J connectivity index is 1.40. The maximum absolute atomic E-state index is 13.2. The second-order valence-corrected chi connectivity index (χ2v) is 7.99. The fourth-order valence-electron chi connectivity index (χ4n) is 3.50. The van der Waals surface area contributed by atoms with Gasteiger partial charge in [0.1, 0.15) is 23.2 Å². The first-order valence-corrected chi connectivity index (χ1v) is 10.6. The van der Waals surface area contributed by atoms with E-state index in [1.165, 1.54) is 12.1 Å². The van der Waals surface area contributed by atoms with E-state index in [0.717, 1.165) is 53.7 Å². The van der Waals surface area contributed by atoms with Gasteiger partial charge in [-0.3, -0.25) is 0 Å². The van der Waals surface area contributed by atoms with Crippen molar-refractivity contribution in [2.75, 3.05) is 31.1 Å². The Kier molecular flexibility index (Phi) is 6.50. The van der Waals surface area contributed by atoms with Gasteiger partial charge in [0.2, 0.25) is 0 Å². The number of rotatable bonds is 5. The van der Waals surface area contributed by atoms with Gasteiger partial charge in [0.05, 0.1) is 5.56 Å². The van der Waals surface area contributed by atoms with Gasteiger partial charge in [-0.25, -0.2) is 4.39 Å². The molecule has 3 aromatic rings. The number of benzene rings is 3. The summed E-state index contributed by atoms with van der Waals surface area (Å²) in [6.07, 6.45) is 0. The summed E-state index contributed by atoms with van der Waals surface area (Å²) in [6.45, 7) is 3.73. The first kappa shape index (κ1) is 20.6. The van der Waals surface area contributed by atoms with Gasteiger partial charge in [-0.2, -0.15) is 0 Å². The summed E-state index contributed by atoms with van der Waals surface area (Å²) < 4.78 is 19.2. The molecule has 0 atom stereocenters. The first-order chi connectivity index (χ1) is 14.6. The topological polar surface area (TPSA) is 15.7 Å². The van der Waals surface area contributed by atoms with Crippen molar-refractivity contribution < 1.29 is 9.13 Å². The standard InChI is InChI=1S/C24H22ClFN2OS/c25-19-7-5-18(6-8-19)17-29-23-4-2-1-3-22(23)24(30)28-15-13-27(14-16-28)21-11-9-20(26)10-12-21/h1-12H,13-17H2. The molecule has 1 aliphatic heterocycles. The van der Waals surface area contributed by atoms with Crippen molar-refractivity contribution in [3.05, 3.63) is 94.8 Å². The number of para-hydroxylation sites is 1. The molecule has 3 nitrogen and oxygen atoms in total. The molecule has 0 aromatic heterocycles. The van der Waals surface area contributed by atoms with Crippen LogP contribution in [0.25, 0.3) is 0 Å². The van der Waals surface area contributed by atoms with Crippen LogP contribution in [0, 0.1) is 5.82 Å². The highest BCUT2D eigenvalue weighted by atomic mass is 35.5. The van der Waals surface area contributed by atoms with E-state index in [4.69, 9.17) is 28.6 Å². The third kappa shape index (κ3) is 4.91. The molecule has 0 N–H and O–H groups in total. The molecule has 1 saturated heterocycles. The number of piperazine rings is 1. The van der Waals surface area contributed by atoms with Crippen molar-refractivity contribution in [3.63, 3.8) is 0 Å². The van der Waals surface area contributed by atoms with Gasteiger partial charge < -0.3 is 14.5 Å². The monoisotopic (exact) mass is 440 g/mol. The summed E-state index contributed by atoms with van der Waals surface area (Å²) in [6, 6.07) is 22.2. The Morgan fingerprint density at radius 2 is 1.57 bits per heavy atom. The molecule has 1 aliphatic rings. The van der Waals surface area contributed by atoms with Crippen LogP contribution in [0.2, 0.25) is 5.02 Å². The quantitative estimate of drug-likeness (QED) is 0.483. The van der Waals surface area contributed by atoms with Crippen molar-refractivity contribution in [2.24, 2.45) is 0 Å². The fourth-order valence-corrected chi connectivity index (χ4v) is 3.98. The Morgan fingerprint density at radius 3 is 2.27 bits per heavy atom. The summed E-state index contributed by atoms with van der Waals surface area (Å²) in [5.41, 5.74) is 3.01. The molecule has 0 bridgehead atoms. The van der Waals surface area contributed by atoms with E-state index < -0.39 is 0 Å². The molecular weight excluding hydrogens is 419 g/mol. The Morgan fingerprint density at radius 1 is 0.900 bits per heavy atom. The Hall–Kier alpha value is -2.63. The van der Waals surface area contributed by atoms with Crippen LogP contribution in [0.5, 0.6) is 5.75 Å². The van der Waals surface area contributed by atoms with Crippen LogP contribution in [-0.4, -0.2) is 36.1 Å². The van der Waals surface area contributed by atoms with E-state index in [2.05, 4.69) is 9.80 Å². The number of hydrogen-bond acceptors (Lipinski definition) is 3. The van der Waals surface area contributed by atoms with E-state index >= 15 is 0 Å². The number of nitrogens with zero attached hydrogens (tertiary/aromatic N) is 2. The summed E-state index contributed by atoms with van der Waals surface area (Å²) in [5, 5.41) is 0.708. The van der Waals surface area contributed by atoms with E-state index in [0.29, 0.717) is 11.6 Å². The molecule has 0 saturated carbocycles. The van der Waals surface area contributed by atoms with Gasteiger partial charge in [0, 0.05) is 36.9 Å². The predicted octanol–water partition coefficient (Wildman–Crippen LogP) is 5.56. The highest BCUT2D eigenvalue weighted by Gasteiger charge is 2.22. The lowest BCUT2D eigenvalue weighted by atomic mass is 10.1. The minimum absolute atomic E-state index is 0.214. The van der Waals surface area contributed by atoms with E-state index in [1.54, 1.807) is 0 Å². The van der Waals surface area contributed by atoms with Crippen molar-refractivity contribution in [2.45, 2.75) is 6.61 Å². The molecule has 0 aliphatic carbocycles. The molecule has 4 rings (SSSR count). The smallest absolute Gasteiger partial charge is 0.130 e. The Bertz CT molecular complexity index is 1000. The fraction of sp³-hybridized carbons (Fsp3) is 0.208. The lowest BCUT2D eigenvalue weighted by Crippen LogP contribution is -2.48. The first-order valence-electron chi connectivity index (χ1n) is 9.86. The van der Waals surface area contributed by atoms with Crippen molar-refractivity contribution in [1.29, 1.82) is 0 Å². The van der Waals surface area contributed by atoms with Crippen LogP contribution < -0.4 is 9.64 Å². The second kappa shape index (κ2) is 9.45. The number of thiocarbonyl (C=S) groups is 1. The van der Waals surface area contributed by atoms with Gasteiger partial charge in [-0.15, -0.1) is 0 Å². The van der Waals surface area contributed by atoms with Crippen LogP contribution in [0.15, 0.2) is 72.8 Å². The molecule has 3 aromatic carbocycles. The molecule has 1 fully saturated rings. The zero-order chi connectivity index (χ0) is 20.9. The molecular formula is C24H22ClFN2OS. The van der Waals surface area contributed by atoms with Gasteiger partial charge >= 0.3 is 0 Å². The highest BCUT2D eigenvalue weighted by molar-refractivity contribution is 7.80. The number of ether oxygens (including phenoxy) is 1. The zero-order valence-corrected chi connectivity index (χ0v) is 18.0. The van der Waals surface area contributed by atoms with E-state index in [1.807, 2.05) is 60.7 Å². The molecule has 30 heavy (non-hydrogen) atoms. The largest absolute Gasteiger partial charge is 0.488 e. The van der Waals surface area contributed by atoms with E-state index in [9.17, 15) is 4.39 Å². The molecule has 1 heterocycles. The Labute approximate surface area is 186 Å². The maximum atomic E-state index is 13.2. The molecule has 154 valence electrons. The number of anilines is 1. The third-order valence-electron chi connectivity index (χ3n) is 5.18. The lowest BCUT2D eigenvalue weighted by Gasteiger charge is -2.37. The van der Waals surface area contributed by atoms with Crippen LogP contribution >= 0.6 is 23.8 Å². The van der Waals surface area contributed by atoms with Crippen molar-refractivity contribution >= 4 is 34.5 Å². The molecule has 0 spiro atoms. The minimum Gasteiger partial charge on any atom is -0.488 e. The number of halogens is 2. The predicted molar refractivity (Wildman–Crippen MR) is 124 cm³/mol. The lowest BCUT2D eigenvalue weighted by molar-refractivity contribution is 0.304. The average Bonchev–Trinajstić information content (AvgIpc) is 2.79. The van der Waals surface area contributed by atoms with Crippen LogP contribution in [0.1, 0.15) is 11.1 Å². The zero-order valence-electron chi connectivity index (χ0n) is 16.4. The van der Waals surface area contributed by atoms with Gasteiger partial charge in [-0.05, 0) is 54.1 Å². The molecule has 0 amide bonds. The third-order valence-corrected chi connectivity index (χ3v) is 5.91. The van der Waals surface area contributed by atoms with Gasteiger partial charge in [0.25, 0.3) is 0 Å². The summed E-state index contributed by atoms with van der Waals surface area (Å²) >= 11 is 11.8. The van der Waals surface area contributed by atoms with Crippen LogP contribution in [-0.2, 0) is 6.61 Å². The number of hydrogen-bond donors (Lipinski definition) is 0. The minimum atomic E-state index is -0.214. The van der Waals surface area contributed by atoms with Gasteiger partial charge in [0.15, 0.2) is 0 Å². The summed E-state index contributed by atoms with van der Waals surface area (Å²) in [7, 11) is 0. The molecule has 0 unspecified atom stereocenters. The van der Waals surface area contributed by atoms with Crippen LogP contribution in [0.4, 0.5) is 10.1 Å². The average molecular weight is 441 g/mol. The van der Waals surface area contributed by atoms with Crippen molar-refractivity contribution in [1.82, 2.24) is 4.90 Å². The molecule has 0 radical (unpaired) electrons. The molecule has 6 heteroatoms. The van der Waals surface area contributed by atoms with E-state index in [-0.39, 0.29) is 5.82 Å². The summed E-state index contributed by atoms with van der Waals surface area (Å²) in [5.74, 6) is 0.562. The van der Waals surface area contributed by atoms with Crippen LogP contribution in [0.3, 0.4) is 0 Å². The second-order valence-electron chi connectivity index (χ2n) is 7.17. The highest BCUT2D eigenvalue weighted by Crippen LogP contribution is 2.24. The SMILES string of the molecule is Fc1ccc(N2CCN(C(=S)c3ccccc3OCc3ccc(Cl)cc3)CC2)cc1. The van der Waals surface area contributed by atoms with Crippen molar-refractivity contribution in [3.8, 4) is 5.75 Å². The summed E-state index contributed by atoms with van der Waals surface area (Å²) in [4.78, 5) is 5.25.